The highest BCUT2D eigenvalue weighted by Gasteiger charge is 2.13. The first-order valence-corrected chi connectivity index (χ1v) is 5.28. The van der Waals surface area contributed by atoms with Crippen LogP contribution in [0, 0.1) is 0 Å². The predicted molar refractivity (Wildman–Crippen MR) is 64.4 cm³/mol. The molecule has 1 aromatic carbocycles. The van der Waals surface area contributed by atoms with Crippen molar-refractivity contribution in [3.63, 3.8) is 0 Å². The van der Waals surface area contributed by atoms with E-state index in [1.165, 1.54) is 4.90 Å². The van der Waals surface area contributed by atoms with Gasteiger partial charge in [-0.15, -0.1) is 0 Å². The van der Waals surface area contributed by atoms with Crippen LogP contribution in [0.4, 0.5) is 10.5 Å². The molecule has 16 heavy (non-hydrogen) atoms. The third kappa shape index (κ3) is 3.24. The van der Waals surface area contributed by atoms with Gasteiger partial charge in [-0.05, 0) is 31.5 Å². The van der Waals surface area contributed by atoms with Crippen LogP contribution in [0.3, 0.4) is 0 Å². The number of anilines is 1. The van der Waals surface area contributed by atoms with E-state index in [1.807, 2.05) is 38.1 Å². The fraction of sp³-hybridized carbons (Fsp3) is 0.417. The second-order valence-corrected chi connectivity index (χ2v) is 3.86. The van der Waals surface area contributed by atoms with Gasteiger partial charge in [0.05, 0.1) is 6.10 Å². The first kappa shape index (κ1) is 12.5. The lowest BCUT2D eigenvalue weighted by molar-refractivity contribution is 0.124. The number of hydrogen-bond acceptors (Lipinski definition) is 3. The van der Waals surface area contributed by atoms with E-state index in [0.717, 1.165) is 11.3 Å². The van der Waals surface area contributed by atoms with Gasteiger partial charge in [0.25, 0.3) is 0 Å². The van der Waals surface area contributed by atoms with Crippen LogP contribution in [-0.4, -0.2) is 19.2 Å². The first-order chi connectivity index (χ1) is 7.54. The Kier molecular flexibility index (Phi) is 4.31. The Morgan fingerprint density at radius 3 is 2.38 bits per heavy atom. The minimum atomic E-state index is -0.351. The molecule has 0 atom stereocenters. The summed E-state index contributed by atoms with van der Waals surface area (Å²) in [5, 5.41) is 0. The van der Waals surface area contributed by atoms with Crippen LogP contribution in [-0.2, 0) is 11.3 Å². The molecule has 0 spiro atoms. The largest absolute Gasteiger partial charge is 0.446 e. The molecule has 88 valence electrons. The lowest BCUT2D eigenvalue weighted by atomic mass is 10.2. The van der Waals surface area contributed by atoms with Crippen LogP contribution in [0.25, 0.3) is 0 Å². The summed E-state index contributed by atoms with van der Waals surface area (Å²) in [6.45, 7) is 4.15. The van der Waals surface area contributed by atoms with E-state index in [1.54, 1.807) is 7.05 Å². The van der Waals surface area contributed by atoms with E-state index in [9.17, 15) is 4.79 Å². The molecule has 1 amide bonds. The summed E-state index contributed by atoms with van der Waals surface area (Å²) in [6.07, 6.45) is -0.464. The van der Waals surface area contributed by atoms with Gasteiger partial charge in [-0.2, -0.15) is 0 Å². The number of carbonyl (C=O) groups is 1. The number of nitrogens with two attached hydrogens (primary N) is 1. The van der Waals surface area contributed by atoms with Gasteiger partial charge >= 0.3 is 6.09 Å². The minimum absolute atomic E-state index is 0.113. The van der Waals surface area contributed by atoms with Gasteiger partial charge in [0.1, 0.15) is 0 Å². The molecular weight excluding hydrogens is 204 g/mol. The molecule has 0 aliphatic carbocycles. The van der Waals surface area contributed by atoms with E-state index in [0.29, 0.717) is 6.54 Å². The molecular formula is C12H18N2O2. The normalized spacial score (nSPS) is 10.3. The smallest absolute Gasteiger partial charge is 0.414 e. The molecule has 4 nitrogen and oxygen atoms in total. The number of ether oxygens (including phenoxy) is 1. The molecule has 0 fully saturated rings. The Hall–Kier alpha value is -1.55. The van der Waals surface area contributed by atoms with E-state index >= 15 is 0 Å². The first-order valence-electron chi connectivity index (χ1n) is 5.28. The minimum Gasteiger partial charge on any atom is -0.446 e. The maximum Gasteiger partial charge on any atom is 0.414 e. The molecule has 1 rings (SSSR count). The maximum absolute atomic E-state index is 11.6. The van der Waals surface area contributed by atoms with Crippen LogP contribution < -0.4 is 10.6 Å². The van der Waals surface area contributed by atoms with Gasteiger partial charge in [0, 0.05) is 19.3 Å². The summed E-state index contributed by atoms with van der Waals surface area (Å²) in [7, 11) is 1.68. The summed E-state index contributed by atoms with van der Waals surface area (Å²) in [6, 6.07) is 7.50. The van der Waals surface area contributed by atoms with Gasteiger partial charge < -0.3 is 10.5 Å². The van der Waals surface area contributed by atoms with Gasteiger partial charge in [-0.1, -0.05) is 12.1 Å². The molecule has 4 heteroatoms. The Labute approximate surface area is 96.0 Å². The van der Waals surface area contributed by atoms with E-state index in [-0.39, 0.29) is 12.2 Å². The van der Waals surface area contributed by atoms with Crippen molar-refractivity contribution in [2.45, 2.75) is 26.5 Å². The quantitative estimate of drug-likeness (QED) is 0.852. The summed E-state index contributed by atoms with van der Waals surface area (Å²) in [5.74, 6) is 0. The molecule has 0 heterocycles. The second kappa shape index (κ2) is 5.51. The van der Waals surface area contributed by atoms with E-state index < -0.39 is 0 Å². The van der Waals surface area contributed by atoms with Crippen molar-refractivity contribution >= 4 is 11.8 Å². The van der Waals surface area contributed by atoms with Crippen molar-refractivity contribution in [1.82, 2.24) is 0 Å². The summed E-state index contributed by atoms with van der Waals surface area (Å²) < 4.78 is 5.09. The van der Waals surface area contributed by atoms with Gasteiger partial charge in [-0.25, -0.2) is 4.79 Å². The molecule has 0 saturated carbocycles. The SMILES string of the molecule is CC(C)OC(=O)N(C)c1ccc(CN)cc1. The highest BCUT2D eigenvalue weighted by Crippen LogP contribution is 2.14. The maximum atomic E-state index is 11.6. The third-order valence-corrected chi connectivity index (χ3v) is 2.17. The fourth-order valence-electron chi connectivity index (χ4n) is 1.24. The third-order valence-electron chi connectivity index (χ3n) is 2.17. The molecule has 0 aliphatic heterocycles. The average molecular weight is 222 g/mol. The molecule has 1 aromatic rings. The number of amides is 1. The zero-order valence-corrected chi connectivity index (χ0v) is 9.93. The van der Waals surface area contributed by atoms with E-state index in [4.69, 9.17) is 10.5 Å². The van der Waals surface area contributed by atoms with Crippen molar-refractivity contribution in [1.29, 1.82) is 0 Å². The Morgan fingerprint density at radius 2 is 1.94 bits per heavy atom. The van der Waals surface area contributed by atoms with Crippen molar-refractivity contribution in [2.24, 2.45) is 5.73 Å². The molecule has 0 saturated heterocycles. The Morgan fingerprint density at radius 1 is 1.38 bits per heavy atom. The van der Waals surface area contributed by atoms with Gasteiger partial charge in [0.15, 0.2) is 0 Å². The summed E-state index contributed by atoms with van der Waals surface area (Å²) in [4.78, 5) is 13.1. The average Bonchev–Trinajstić information content (AvgIpc) is 2.27. The number of hydrogen-bond donors (Lipinski definition) is 1. The van der Waals surface area contributed by atoms with Gasteiger partial charge in [-0.3, -0.25) is 4.90 Å². The van der Waals surface area contributed by atoms with Crippen LogP contribution in [0.1, 0.15) is 19.4 Å². The van der Waals surface area contributed by atoms with Crippen molar-refractivity contribution in [3.8, 4) is 0 Å². The van der Waals surface area contributed by atoms with Crippen LogP contribution in [0.15, 0.2) is 24.3 Å². The zero-order valence-electron chi connectivity index (χ0n) is 9.93. The monoisotopic (exact) mass is 222 g/mol. The molecule has 0 aromatic heterocycles. The molecule has 2 N–H and O–H groups in total. The van der Waals surface area contributed by atoms with Crippen molar-refractivity contribution in [2.75, 3.05) is 11.9 Å². The summed E-state index contributed by atoms with van der Waals surface area (Å²) in [5.41, 5.74) is 7.33. The molecule has 0 aliphatic rings. The van der Waals surface area contributed by atoms with Gasteiger partial charge in [0.2, 0.25) is 0 Å². The lowest BCUT2D eigenvalue weighted by Crippen LogP contribution is -2.29. The highest BCUT2D eigenvalue weighted by atomic mass is 16.6. The molecule has 0 radical (unpaired) electrons. The zero-order chi connectivity index (χ0) is 12.1. The lowest BCUT2D eigenvalue weighted by Gasteiger charge is -2.18. The Bertz CT molecular complexity index is 347. The van der Waals surface area contributed by atoms with Crippen LogP contribution in [0.5, 0.6) is 0 Å². The summed E-state index contributed by atoms with van der Waals surface area (Å²) >= 11 is 0. The van der Waals surface area contributed by atoms with Crippen LogP contribution in [0.2, 0.25) is 0 Å². The number of benzene rings is 1. The van der Waals surface area contributed by atoms with E-state index in [2.05, 4.69) is 0 Å². The van der Waals surface area contributed by atoms with Crippen LogP contribution >= 0.6 is 0 Å². The topological polar surface area (TPSA) is 55.6 Å². The number of nitrogens with zero attached hydrogens (tertiary/aromatic N) is 1. The second-order valence-electron chi connectivity index (χ2n) is 3.86. The molecule has 0 unspecified atom stereocenters. The van der Waals surface area contributed by atoms with Crippen molar-refractivity contribution in [3.05, 3.63) is 29.8 Å². The fourth-order valence-corrected chi connectivity index (χ4v) is 1.24. The number of rotatable bonds is 3. The number of carbonyl (C=O) groups excluding carboxylic acids is 1. The Balaban J connectivity index is 2.72. The standard InChI is InChI=1S/C12H18N2O2/c1-9(2)16-12(15)14(3)11-6-4-10(8-13)5-7-11/h4-7,9H,8,13H2,1-3H3. The van der Waals surface area contributed by atoms with Crippen molar-refractivity contribution < 1.29 is 9.53 Å². The highest BCUT2D eigenvalue weighted by molar-refractivity contribution is 5.87. The predicted octanol–water partition coefficient (Wildman–Crippen LogP) is 2.13. The molecule has 0 bridgehead atoms.